The zero-order valence-corrected chi connectivity index (χ0v) is 17.4. The number of rotatable bonds is 7. The van der Waals surface area contributed by atoms with Crippen LogP contribution in [0.15, 0.2) is 52.0 Å². The summed E-state index contributed by atoms with van der Waals surface area (Å²) in [5, 5.41) is 0.583. The minimum Gasteiger partial charge on any atom is -0.468 e. The van der Waals surface area contributed by atoms with Crippen molar-refractivity contribution in [3.05, 3.63) is 63.9 Å². The summed E-state index contributed by atoms with van der Waals surface area (Å²) < 4.78 is 10.7. The lowest BCUT2D eigenvalue weighted by Crippen LogP contribution is -2.43. The van der Waals surface area contributed by atoms with Gasteiger partial charge in [0.15, 0.2) is 0 Å². The molecule has 29 heavy (non-hydrogen) atoms. The van der Waals surface area contributed by atoms with Gasteiger partial charge < -0.3 is 9.15 Å². The molecule has 0 spiro atoms. The van der Waals surface area contributed by atoms with E-state index >= 15 is 0 Å². The molecule has 0 atom stereocenters. The molecule has 2 aromatic rings. The van der Waals surface area contributed by atoms with E-state index in [0.29, 0.717) is 53.1 Å². The molecule has 2 aliphatic rings. The topological polar surface area (TPSA) is 63.0 Å². The summed E-state index contributed by atoms with van der Waals surface area (Å²) in [6, 6.07) is 10.7. The maximum absolute atomic E-state index is 13.2. The smallest absolute Gasteiger partial charge is 0.268 e. The van der Waals surface area contributed by atoms with Crippen LogP contribution in [0, 0.1) is 0 Å². The summed E-state index contributed by atoms with van der Waals surface area (Å²) in [5.41, 5.74) is 1.13. The number of hydrogen-bond donors (Lipinski definition) is 0. The first-order chi connectivity index (χ1) is 14.1. The van der Waals surface area contributed by atoms with Crippen molar-refractivity contribution < 1.29 is 18.7 Å². The average Bonchev–Trinajstić information content (AvgIpc) is 3.33. The Morgan fingerprint density at radius 1 is 1.00 bits per heavy atom. The molecule has 3 heterocycles. The number of amides is 2. The Kier molecular flexibility index (Phi) is 6.40. The van der Waals surface area contributed by atoms with Crippen LogP contribution < -0.4 is 0 Å². The highest BCUT2D eigenvalue weighted by Crippen LogP contribution is 2.37. The number of halogens is 1. The summed E-state index contributed by atoms with van der Waals surface area (Å²) in [7, 11) is 0. The van der Waals surface area contributed by atoms with Crippen molar-refractivity contribution in [3.63, 3.8) is 0 Å². The van der Waals surface area contributed by atoms with Gasteiger partial charge in [-0.3, -0.25) is 19.4 Å². The summed E-state index contributed by atoms with van der Waals surface area (Å²) in [6.07, 6.45) is 1.60. The summed E-state index contributed by atoms with van der Waals surface area (Å²) in [6.45, 7) is 3.99. The number of morpholine rings is 1. The molecule has 4 rings (SSSR count). The maximum Gasteiger partial charge on any atom is 0.268 e. The summed E-state index contributed by atoms with van der Waals surface area (Å²) in [5.74, 6) is 0.734. The molecule has 6 nitrogen and oxygen atoms in total. The summed E-state index contributed by atoms with van der Waals surface area (Å²) in [4.78, 5) is 30.3. The molecule has 8 heteroatoms. The Labute approximate surface area is 178 Å². The van der Waals surface area contributed by atoms with Crippen molar-refractivity contribution in [2.45, 2.75) is 5.75 Å². The molecule has 0 bridgehead atoms. The van der Waals surface area contributed by atoms with Gasteiger partial charge >= 0.3 is 0 Å². The van der Waals surface area contributed by atoms with Gasteiger partial charge in [0.25, 0.3) is 11.8 Å². The van der Waals surface area contributed by atoms with Crippen LogP contribution in [0.5, 0.6) is 0 Å². The van der Waals surface area contributed by atoms with Gasteiger partial charge in [-0.1, -0.05) is 23.7 Å². The van der Waals surface area contributed by atoms with Gasteiger partial charge in [-0.2, -0.15) is 0 Å². The lowest BCUT2D eigenvalue weighted by atomic mass is 10.1. The number of carbonyl (C=O) groups is 2. The fraction of sp³-hybridized carbons (Fsp3) is 0.333. The standard InChI is InChI=1S/C21H21ClN2O4S/c22-16-5-3-15(4-6-16)18-19(29-14-17-2-1-11-28-17)21(26)24(20(18)25)8-7-23-9-12-27-13-10-23/h1-6,11H,7-10,12-14H2. The number of thioether (sulfide) groups is 1. The van der Waals surface area contributed by atoms with Crippen LogP contribution in [0.1, 0.15) is 11.3 Å². The highest BCUT2D eigenvalue weighted by atomic mass is 35.5. The van der Waals surface area contributed by atoms with Gasteiger partial charge in [0.2, 0.25) is 0 Å². The van der Waals surface area contributed by atoms with Gasteiger partial charge in [-0.05, 0) is 29.8 Å². The minimum atomic E-state index is -0.257. The number of hydrogen-bond acceptors (Lipinski definition) is 6. The Morgan fingerprint density at radius 3 is 2.45 bits per heavy atom. The Balaban J connectivity index is 1.55. The van der Waals surface area contributed by atoms with E-state index in [0.717, 1.165) is 18.8 Å². The third-order valence-corrected chi connectivity index (χ3v) is 6.29. The van der Waals surface area contributed by atoms with Crippen LogP contribution in [0.25, 0.3) is 5.57 Å². The number of benzene rings is 1. The first kappa shape index (κ1) is 20.2. The first-order valence-electron chi connectivity index (χ1n) is 9.45. The van der Waals surface area contributed by atoms with E-state index in [9.17, 15) is 9.59 Å². The van der Waals surface area contributed by atoms with E-state index < -0.39 is 0 Å². The third-order valence-electron chi connectivity index (χ3n) is 4.94. The molecule has 2 aliphatic heterocycles. The van der Waals surface area contributed by atoms with Crippen LogP contribution >= 0.6 is 23.4 Å². The van der Waals surface area contributed by atoms with Crippen LogP contribution in [-0.4, -0.2) is 61.0 Å². The molecule has 0 aliphatic carbocycles. The van der Waals surface area contributed by atoms with Gasteiger partial charge in [-0.25, -0.2) is 0 Å². The molecular weight excluding hydrogens is 412 g/mol. The van der Waals surface area contributed by atoms with E-state index in [2.05, 4.69) is 4.90 Å². The van der Waals surface area contributed by atoms with Crippen molar-refractivity contribution in [2.24, 2.45) is 0 Å². The maximum atomic E-state index is 13.2. The van der Waals surface area contributed by atoms with E-state index in [4.69, 9.17) is 20.8 Å². The summed E-state index contributed by atoms with van der Waals surface area (Å²) >= 11 is 7.33. The van der Waals surface area contributed by atoms with E-state index in [1.165, 1.54) is 16.7 Å². The largest absolute Gasteiger partial charge is 0.468 e. The number of carbonyl (C=O) groups excluding carboxylic acids is 2. The van der Waals surface area contributed by atoms with Crippen LogP contribution in [0.4, 0.5) is 0 Å². The zero-order valence-electron chi connectivity index (χ0n) is 15.8. The highest BCUT2D eigenvalue weighted by Gasteiger charge is 2.39. The zero-order chi connectivity index (χ0) is 20.2. The quantitative estimate of drug-likeness (QED) is 0.626. The van der Waals surface area contributed by atoms with Crippen molar-refractivity contribution in [2.75, 3.05) is 39.4 Å². The minimum absolute atomic E-state index is 0.246. The normalized spacial score (nSPS) is 18.2. The SMILES string of the molecule is O=C1C(SCc2ccco2)=C(c2ccc(Cl)cc2)C(=O)N1CCN1CCOCC1. The first-order valence-corrected chi connectivity index (χ1v) is 10.8. The van der Waals surface area contributed by atoms with Gasteiger partial charge in [0.1, 0.15) is 5.76 Å². The highest BCUT2D eigenvalue weighted by molar-refractivity contribution is 8.03. The van der Waals surface area contributed by atoms with Crippen molar-refractivity contribution in [1.29, 1.82) is 0 Å². The van der Waals surface area contributed by atoms with Gasteiger partial charge in [0.05, 0.1) is 35.7 Å². The number of furan rings is 1. The van der Waals surface area contributed by atoms with Crippen molar-refractivity contribution >= 4 is 40.8 Å². The lowest BCUT2D eigenvalue weighted by molar-refractivity contribution is -0.136. The molecule has 1 saturated heterocycles. The Bertz CT molecular complexity index is 905. The third kappa shape index (κ3) is 4.59. The molecule has 1 aromatic heterocycles. The molecule has 0 saturated carbocycles. The molecule has 0 unspecified atom stereocenters. The molecule has 0 radical (unpaired) electrons. The second kappa shape index (κ2) is 9.17. The van der Waals surface area contributed by atoms with Crippen LogP contribution in [0.2, 0.25) is 5.02 Å². The van der Waals surface area contributed by atoms with E-state index in [-0.39, 0.29) is 11.8 Å². The molecule has 1 fully saturated rings. The molecule has 2 amide bonds. The molecule has 0 N–H and O–H groups in total. The predicted octanol–water partition coefficient (Wildman–Crippen LogP) is 3.28. The molecule has 1 aromatic carbocycles. The van der Waals surface area contributed by atoms with Crippen molar-refractivity contribution in [3.8, 4) is 0 Å². The molecule has 152 valence electrons. The predicted molar refractivity (Wildman–Crippen MR) is 112 cm³/mol. The van der Waals surface area contributed by atoms with E-state index in [1.807, 2.05) is 6.07 Å². The fourth-order valence-corrected chi connectivity index (χ4v) is 4.53. The van der Waals surface area contributed by atoms with Crippen LogP contribution in [0.3, 0.4) is 0 Å². The van der Waals surface area contributed by atoms with Crippen molar-refractivity contribution in [1.82, 2.24) is 9.80 Å². The number of imide groups is 1. The second-order valence-electron chi connectivity index (χ2n) is 6.80. The average molecular weight is 433 g/mol. The Hall–Kier alpha value is -2.06. The molecular formula is C21H21ClN2O4S. The van der Waals surface area contributed by atoms with Gasteiger partial charge in [0, 0.05) is 31.2 Å². The number of ether oxygens (including phenoxy) is 1. The van der Waals surface area contributed by atoms with E-state index in [1.54, 1.807) is 36.6 Å². The fourth-order valence-electron chi connectivity index (χ4n) is 3.37. The number of nitrogens with zero attached hydrogens (tertiary/aromatic N) is 2. The van der Waals surface area contributed by atoms with Gasteiger partial charge in [-0.15, -0.1) is 11.8 Å². The lowest BCUT2D eigenvalue weighted by Gasteiger charge is -2.28. The monoisotopic (exact) mass is 432 g/mol. The second-order valence-corrected chi connectivity index (χ2v) is 8.22. The Morgan fingerprint density at radius 2 is 1.76 bits per heavy atom. The van der Waals surface area contributed by atoms with Crippen LogP contribution in [-0.2, 0) is 20.1 Å².